The van der Waals surface area contributed by atoms with Crippen molar-refractivity contribution in [3.05, 3.63) is 70.6 Å². The Morgan fingerprint density at radius 2 is 1.88 bits per heavy atom. The summed E-state index contributed by atoms with van der Waals surface area (Å²) < 4.78 is 12.9. The SMILES string of the molecule is CCn1c2ccccc2c2cc([C@H]3C(C(=O)OCCOC)=C(C)NC4=C3C(=O)CCC4)ccc21. The van der Waals surface area contributed by atoms with Gasteiger partial charge in [0.25, 0.3) is 0 Å². The molecule has 6 heteroatoms. The van der Waals surface area contributed by atoms with E-state index in [0.717, 1.165) is 47.2 Å². The summed E-state index contributed by atoms with van der Waals surface area (Å²) in [4.78, 5) is 26.4. The van der Waals surface area contributed by atoms with Gasteiger partial charge in [-0.3, -0.25) is 4.79 Å². The van der Waals surface area contributed by atoms with Gasteiger partial charge in [0.1, 0.15) is 6.61 Å². The molecule has 1 aliphatic carbocycles. The molecule has 1 atom stereocenters. The van der Waals surface area contributed by atoms with Crippen LogP contribution in [0.4, 0.5) is 0 Å². The van der Waals surface area contributed by atoms with E-state index in [1.165, 1.54) is 10.9 Å². The van der Waals surface area contributed by atoms with E-state index >= 15 is 0 Å². The molecule has 3 aromatic rings. The first kappa shape index (κ1) is 22.4. The summed E-state index contributed by atoms with van der Waals surface area (Å²) in [6.45, 7) is 5.39. The Bertz CT molecular complexity index is 1360. The number of nitrogens with one attached hydrogen (secondary N) is 1. The lowest BCUT2D eigenvalue weighted by Gasteiger charge is -2.34. The zero-order valence-electron chi connectivity index (χ0n) is 19.9. The number of hydrogen-bond donors (Lipinski definition) is 1. The smallest absolute Gasteiger partial charge is 0.336 e. The summed E-state index contributed by atoms with van der Waals surface area (Å²) in [7, 11) is 1.57. The predicted octanol–water partition coefficient (Wildman–Crippen LogP) is 4.97. The maximum Gasteiger partial charge on any atom is 0.336 e. The number of carbonyl (C=O) groups is 2. The quantitative estimate of drug-likeness (QED) is 0.417. The minimum Gasteiger partial charge on any atom is -0.460 e. The van der Waals surface area contributed by atoms with Crippen molar-refractivity contribution >= 4 is 33.6 Å². The summed E-state index contributed by atoms with van der Waals surface area (Å²) in [5.74, 6) is -0.759. The highest BCUT2D eigenvalue weighted by molar-refractivity contribution is 6.09. The number of dihydropyridines is 1. The molecule has 5 rings (SSSR count). The van der Waals surface area contributed by atoms with Crippen LogP contribution in [0.15, 0.2) is 65.0 Å². The molecule has 0 saturated heterocycles. The van der Waals surface area contributed by atoms with Crippen molar-refractivity contribution in [2.75, 3.05) is 20.3 Å². The van der Waals surface area contributed by atoms with E-state index in [0.29, 0.717) is 24.2 Å². The van der Waals surface area contributed by atoms with Crippen molar-refractivity contribution < 1.29 is 19.1 Å². The summed E-state index contributed by atoms with van der Waals surface area (Å²) in [5.41, 5.74) is 6.16. The number of esters is 1. The van der Waals surface area contributed by atoms with E-state index in [9.17, 15) is 9.59 Å². The van der Waals surface area contributed by atoms with Crippen LogP contribution in [0.1, 0.15) is 44.6 Å². The number of aryl methyl sites for hydroxylation is 1. The first-order chi connectivity index (χ1) is 16.5. The molecule has 2 aromatic carbocycles. The molecular formula is C28H30N2O4. The Balaban J connectivity index is 1.69. The van der Waals surface area contributed by atoms with Crippen molar-refractivity contribution in [1.29, 1.82) is 0 Å². The molecule has 0 fully saturated rings. The molecule has 1 N–H and O–H groups in total. The third-order valence-corrected chi connectivity index (χ3v) is 6.96. The number of fused-ring (bicyclic) bond motifs is 3. The Morgan fingerprint density at radius 1 is 1.09 bits per heavy atom. The molecule has 176 valence electrons. The van der Waals surface area contributed by atoms with Crippen molar-refractivity contribution in [3.63, 3.8) is 0 Å². The lowest BCUT2D eigenvalue weighted by molar-refractivity contribution is -0.140. The van der Waals surface area contributed by atoms with Crippen LogP contribution in [-0.2, 0) is 25.6 Å². The molecule has 1 aromatic heterocycles. The Labute approximate surface area is 199 Å². The van der Waals surface area contributed by atoms with E-state index in [4.69, 9.17) is 9.47 Å². The largest absolute Gasteiger partial charge is 0.460 e. The van der Waals surface area contributed by atoms with Gasteiger partial charge < -0.3 is 19.4 Å². The van der Waals surface area contributed by atoms with E-state index in [1.807, 2.05) is 13.0 Å². The number of benzene rings is 2. The number of allylic oxidation sites excluding steroid dienone is 3. The highest BCUT2D eigenvalue weighted by Crippen LogP contribution is 2.44. The standard InChI is InChI=1S/C28H30N2O4/c1-4-30-22-10-6-5-8-19(22)20-16-18(12-13-23(20)30)26-25(28(32)34-15-14-33-3)17(2)29-21-9-7-11-24(31)27(21)26/h5-6,8,10,12-13,16,26,29H,4,7,9,11,14-15H2,1-3H3/t26-/m0/s1. The number of rotatable bonds is 6. The zero-order chi connectivity index (χ0) is 23.8. The van der Waals surface area contributed by atoms with Crippen LogP contribution in [0.25, 0.3) is 21.8 Å². The number of ketones is 1. The van der Waals surface area contributed by atoms with Crippen LogP contribution in [0.5, 0.6) is 0 Å². The van der Waals surface area contributed by atoms with Crippen molar-refractivity contribution in [3.8, 4) is 0 Å². The fourth-order valence-corrected chi connectivity index (χ4v) is 5.47. The second-order valence-electron chi connectivity index (χ2n) is 8.93. The lowest BCUT2D eigenvalue weighted by atomic mass is 9.75. The number of methoxy groups -OCH3 is 1. The van der Waals surface area contributed by atoms with Crippen molar-refractivity contribution in [2.24, 2.45) is 0 Å². The molecule has 2 heterocycles. The van der Waals surface area contributed by atoms with E-state index < -0.39 is 11.9 Å². The van der Waals surface area contributed by atoms with Gasteiger partial charge in [-0.25, -0.2) is 4.79 Å². The third kappa shape index (κ3) is 3.62. The van der Waals surface area contributed by atoms with E-state index in [1.54, 1.807) is 7.11 Å². The monoisotopic (exact) mass is 458 g/mol. The Kier molecular flexibility index (Phi) is 6.00. The minimum absolute atomic E-state index is 0.101. The number of carbonyl (C=O) groups excluding carboxylic acids is 2. The molecule has 0 unspecified atom stereocenters. The topological polar surface area (TPSA) is 69.6 Å². The highest BCUT2D eigenvalue weighted by atomic mass is 16.6. The normalized spacial score (nSPS) is 18.4. The van der Waals surface area contributed by atoms with Crippen LogP contribution in [-0.4, -0.2) is 36.6 Å². The van der Waals surface area contributed by atoms with Gasteiger partial charge >= 0.3 is 5.97 Å². The molecule has 1 aliphatic heterocycles. The molecule has 0 spiro atoms. The second kappa shape index (κ2) is 9.11. The van der Waals surface area contributed by atoms with Crippen molar-refractivity contribution in [2.45, 2.75) is 45.6 Å². The van der Waals surface area contributed by atoms with E-state index in [2.05, 4.69) is 53.2 Å². The molecule has 0 amide bonds. The van der Waals surface area contributed by atoms with Crippen LogP contribution in [0.3, 0.4) is 0 Å². The average molecular weight is 459 g/mol. The summed E-state index contributed by atoms with van der Waals surface area (Å²) in [6, 6.07) is 14.7. The van der Waals surface area contributed by atoms with Gasteiger partial charge in [0.15, 0.2) is 5.78 Å². The number of para-hydroxylation sites is 1. The van der Waals surface area contributed by atoms with Crippen LogP contribution in [0, 0.1) is 0 Å². The molecular weight excluding hydrogens is 428 g/mol. The lowest BCUT2D eigenvalue weighted by Crippen LogP contribution is -2.34. The first-order valence-electron chi connectivity index (χ1n) is 12.0. The Morgan fingerprint density at radius 3 is 2.68 bits per heavy atom. The van der Waals surface area contributed by atoms with Gasteiger partial charge in [0, 0.05) is 64.8 Å². The first-order valence-corrected chi connectivity index (χ1v) is 12.0. The van der Waals surface area contributed by atoms with Crippen molar-refractivity contribution in [1.82, 2.24) is 9.88 Å². The second-order valence-corrected chi connectivity index (χ2v) is 8.93. The fourth-order valence-electron chi connectivity index (χ4n) is 5.47. The summed E-state index contributed by atoms with van der Waals surface area (Å²) in [5, 5.41) is 5.65. The summed E-state index contributed by atoms with van der Waals surface area (Å²) >= 11 is 0. The fraction of sp³-hybridized carbons (Fsp3) is 0.357. The Hall–Kier alpha value is -3.38. The molecule has 0 radical (unpaired) electrons. The van der Waals surface area contributed by atoms with Crippen LogP contribution in [0.2, 0.25) is 0 Å². The average Bonchev–Trinajstić information content (AvgIpc) is 3.16. The molecule has 0 bridgehead atoms. The molecule has 6 nitrogen and oxygen atoms in total. The molecule has 0 saturated carbocycles. The molecule has 2 aliphatic rings. The highest BCUT2D eigenvalue weighted by Gasteiger charge is 2.39. The minimum atomic E-state index is -0.452. The van der Waals surface area contributed by atoms with E-state index in [-0.39, 0.29) is 12.4 Å². The predicted molar refractivity (Wildman–Crippen MR) is 132 cm³/mol. The van der Waals surface area contributed by atoms with Crippen LogP contribution >= 0.6 is 0 Å². The number of nitrogens with zero attached hydrogens (tertiary/aromatic N) is 1. The van der Waals surface area contributed by atoms with Gasteiger partial charge in [0.05, 0.1) is 12.2 Å². The number of Topliss-reactive ketones (excluding diaryl/α,β-unsaturated/α-hetero) is 1. The maximum absolute atomic E-state index is 13.3. The number of aromatic nitrogens is 1. The van der Waals surface area contributed by atoms with Gasteiger partial charge in [-0.15, -0.1) is 0 Å². The van der Waals surface area contributed by atoms with Gasteiger partial charge in [-0.05, 0) is 50.5 Å². The van der Waals surface area contributed by atoms with Crippen LogP contribution < -0.4 is 5.32 Å². The zero-order valence-corrected chi connectivity index (χ0v) is 19.9. The van der Waals surface area contributed by atoms with Gasteiger partial charge in [0.2, 0.25) is 0 Å². The molecule has 34 heavy (non-hydrogen) atoms. The maximum atomic E-state index is 13.3. The van der Waals surface area contributed by atoms with Gasteiger partial charge in [-0.2, -0.15) is 0 Å². The third-order valence-electron chi connectivity index (χ3n) is 6.96. The number of hydrogen-bond acceptors (Lipinski definition) is 5. The summed E-state index contributed by atoms with van der Waals surface area (Å²) in [6.07, 6.45) is 2.12. The number of ether oxygens (including phenoxy) is 2. The van der Waals surface area contributed by atoms with Gasteiger partial charge in [-0.1, -0.05) is 24.3 Å².